The molecular formula is C19H25N3O3S. The van der Waals surface area contributed by atoms with Crippen molar-refractivity contribution < 1.29 is 13.2 Å². The molecule has 3 rings (SSSR count). The summed E-state index contributed by atoms with van der Waals surface area (Å²) in [5.74, 6) is 1.49. The first-order chi connectivity index (χ1) is 12.5. The van der Waals surface area contributed by atoms with E-state index in [1.165, 1.54) is 10.5 Å². The number of nitrogens with one attached hydrogen (secondary N) is 1. The predicted molar refractivity (Wildman–Crippen MR) is 102 cm³/mol. The van der Waals surface area contributed by atoms with Gasteiger partial charge in [0.25, 0.3) is 0 Å². The minimum Gasteiger partial charge on any atom is -0.494 e. The molecule has 6 nitrogen and oxygen atoms in total. The number of ether oxygens (including phenoxy) is 1. The number of anilines is 1. The zero-order valence-electron chi connectivity index (χ0n) is 15.2. The fourth-order valence-electron chi connectivity index (χ4n) is 3.02. The van der Waals surface area contributed by atoms with Crippen LogP contribution in [0.3, 0.4) is 0 Å². The van der Waals surface area contributed by atoms with Gasteiger partial charge in [0, 0.05) is 25.3 Å². The lowest BCUT2D eigenvalue weighted by Gasteiger charge is -2.17. The average molecular weight is 375 g/mol. The fraction of sp³-hybridized carbons (Fsp3) is 0.421. The number of nitrogens with zero attached hydrogens (tertiary/aromatic N) is 2. The first kappa shape index (κ1) is 18.7. The molecule has 0 spiro atoms. The molecule has 26 heavy (non-hydrogen) atoms. The Morgan fingerprint density at radius 3 is 2.42 bits per heavy atom. The Morgan fingerprint density at radius 2 is 1.85 bits per heavy atom. The molecule has 0 bridgehead atoms. The Kier molecular flexibility index (Phi) is 5.78. The molecule has 1 saturated heterocycles. The lowest BCUT2D eigenvalue weighted by atomic mass is 10.1. The van der Waals surface area contributed by atoms with Crippen LogP contribution in [0.2, 0.25) is 0 Å². The number of sulfonamides is 1. The first-order valence-electron chi connectivity index (χ1n) is 8.96. The summed E-state index contributed by atoms with van der Waals surface area (Å²) in [5, 5.41) is 3.30. The molecular weight excluding hydrogens is 350 g/mol. The first-order valence-corrected chi connectivity index (χ1v) is 10.4. The minimum atomic E-state index is -3.42. The van der Waals surface area contributed by atoms with E-state index < -0.39 is 10.0 Å². The largest absolute Gasteiger partial charge is 0.494 e. The third kappa shape index (κ3) is 4.16. The summed E-state index contributed by atoms with van der Waals surface area (Å²) in [4.78, 5) is 4.54. The van der Waals surface area contributed by atoms with Gasteiger partial charge < -0.3 is 10.1 Å². The standard InChI is InChI=1S/C19H25N3O3S/c1-3-25-17-8-6-16(7-9-17)15(2)21-19-11-10-18(14-20-19)26(23,24)22-12-4-5-13-22/h6-11,14-15H,3-5,12-13H2,1-2H3,(H,20,21). The number of hydrogen-bond donors (Lipinski definition) is 1. The summed E-state index contributed by atoms with van der Waals surface area (Å²) in [5.41, 5.74) is 1.10. The molecule has 1 aromatic carbocycles. The lowest BCUT2D eigenvalue weighted by molar-refractivity contribution is 0.340. The molecule has 1 aromatic heterocycles. The van der Waals surface area contributed by atoms with Crippen molar-refractivity contribution in [1.29, 1.82) is 0 Å². The van der Waals surface area contributed by atoms with Gasteiger partial charge in [-0.05, 0) is 56.5 Å². The third-order valence-corrected chi connectivity index (χ3v) is 6.38. The van der Waals surface area contributed by atoms with E-state index in [9.17, 15) is 8.42 Å². The van der Waals surface area contributed by atoms with E-state index in [0.717, 1.165) is 24.2 Å². The van der Waals surface area contributed by atoms with Crippen LogP contribution in [-0.2, 0) is 10.0 Å². The van der Waals surface area contributed by atoms with Gasteiger partial charge in [-0.2, -0.15) is 4.31 Å². The molecule has 2 heterocycles. The van der Waals surface area contributed by atoms with Crippen LogP contribution in [-0.4, -0.2) is 37.4 Å². The molecule has 1 atom stereocenters. The van der Waals surface area contributed by atoms with Crippen LogP contribution < -0.4 is 10.1 Å². The monoisotopic (exact) mass is 375 g/mol. The van der Waals surface area contributed by atoms with Gasteiger partial charge in [0.1, 0.15) is 16.5 Å². The Hall–Kier alpha value is -2.12. The summed E-state index contributed by atoms with van der Waals surface area (Å²) in [7, 11) is -3.42. The highest BCUT2D eigenvalue weighted by molar-refractivity contribution is 7.89. The summed E-state index contributed by atoms with van der Waals surface area (Å²) in [6.45, 7) is 5.82. The van der Waals surface area contributed by atoms with Crippen LogP contribution in [0, 0.1) is 0 Å². The Labute approximate surface area is 155 Å². The van der Waals surface area contributed by atoms with Crippen molar-refractivity contribution in [3.8, 4) is 5.75 Å². The number of rotatable bonds is 7. The van der Waals surface area contributed by atoms with Gasteiger partial charge in [-0.3, -0.25) is 0 Å². The SMILES string of the molecule is CCOc1ccc(C(C)Nc2ccc(S(=O)(=O)N3CCCC3)cn2)cc1. The van der Waals surface area contributed by atoms with Crippen LogP contribution in [0.25, 0.3) is 0 Å². The highest BCUT2D eigenvalue weighted by atomic mass is 32.2. The lowest BCUT2D eigenvalue weighted by Crippen LogP contribution is -2.27. The van der Waals surface area contributed by atoms with Gasteiger partial charge in [-0.1, -0.05) is 12.1 Å². The highest BCUT2D eigenvalue weighted by Gasteiger charge is 2.27. The predicted octanol–water partition coefficient (Wildman–Crippen LogP) is 3.44. The fourth-order valence-corrected chi connectivity index (χ4v) is 4.48. The molecule has 0 saturated carbocycles. The zero-order chi connectivity index (χ0) is 18.6. The van der Waals surface area contributed by atoms with E-state index in [-0.39, 0.29) is 10.9 Å². The van der Waals surface area contributed by atoms with Crippen molar-refractivity contribution in [3.05, 3.63) is 48.2 Å². The van der Waals surface area contributed by atoms with Gasteiger partial charge in [0.15, 0.2) is 0 Å². The van der Waals surface area contributed by atoms with Gasteiger partial charge in [0.2, 0.25) is 10.0 Å². The van der Waals surface area contributed by atoms with Gasteiger partial charge >= 0.3 is 0 Å². The molecule has 1 aliphatic rings. The maximum absolute atomic E-state index is 12.5. The summed E-state index contributed by atoms with van der Waals surface area (Å²) in [6.07, 6.45) is 3.28. The molecule has 140 valence electrons. The van der Waals surface area contributed by atoms with Gasteiger partial charge in [-0.25, -0.2) is 13.4 Å². The molecule has 1 fully saturated rings. The maximum atomic E-state index is 12.5. The van der Waals surface area contributed by atoms with E-state index in [1.807, 2.05) is 38.1 Å². The maximum Gasteiger partial charge on any atom is 0.244 e. The smallest absolute Gasteiger partial charge is 0.244 e. The Morgan fingerprint density at radius 1 is 1.15 bits per heavy atom. The van der Waals surface area contributed by atoms with Crippen LogP contribution >= 0.6 is 0 Å². The van der Waals surface area contributed by atoms with Crippen molar-refractivity contribution in [2.75, 3.05) is 25.0 Å². The second-order valence-electron chi connectivity index (χ2n) is 6.36. The van der Waals surface area contributed by atoms with E-state index in [2.05, 4.69) is 10.3 Å². The average Bonchev–Trinajstić information content (AvgIpc) is 3.19. The Bertz CT molecular complexity index is 814. The molecule has 0 aliphatic carbocycles. The highest BCUT2D eigenvalue weighted by Crippen LogP contribution is 2.23. The normalized spacial score (nSPS) is 16.4. The zero-order valence-corrected chi connectivity index (χ0v) is 16.0. The van der Waals surface area contributed by atoms with Gasteiger partial charge in [0.05, 0.1) is 6.61 Å². The molecule has 0 radical (unpaired) electrons. The topological polar surface area (TPSA) is 71.5 Å². The van der Waals surface area contributed by atoms with Crippen LogP contribution in [0.4, 0.5) is 5.82 Å². The quantitative estimate of drug-likeness (QED) is 0.803. The van der Waals surface area contributed by atoms with Crippen molar-refractivity contribution in [2.45, 2.75) is 37.6 Å². The van der Waals surface area contributed by atoms with Crippen molar-refractivity contribution in [3.63, 3.8) is 0 Å². The van der Waals surface area contributed by atoms with Crippen LogP contribution in [0.15, 0.2) is 47.5 Å². The van der Waals surface area contributed by atoms with E-state index >= 15 is 0 Å². The van der Waals surface area contributed by atoms with E-state index in [1.54, 1.807) is 12.1 Å². The molecule has 1 aliphatic heterocycles. The number of pyridine rings is 1. The Balaban J connectivity index is 1.66. The third-order valence-electron chi connectivity index (χ3n) is 4.49. The van der Waals surface area contributed by atoms with Crippen LogP contribution in [0.5, 0.6) is 5.75 Å². The number of benzene rings is 1. The molecule has 1 unspecified atom stereocenters. The minimum absolute atomic E-state index is 0.0409. The summed E-state index contributed by atoms with van der Waals surface area (Å²) >= 11 is 0. The number of aromatic nitrogens is 1. The van der Waals surface area contributed by atoms with Crippen molar-refractivity contribution in [1.82, 2.24) is 9.29 Å². The molecule has 2 aromatic rings. The van der Waals surface area contributed by atoms with Crippen LogP contribution in [0.1, 0.15) is 38.3 Å². The molecule has 1 N–H and O–H groups in total. The van der Waals surface area contributed by atoms with Gasteiger partial charge in [-0.15, -0.1) is 0 Å². The van der Waals surface area contributed by atoms with Crippen molar-refractivity contribution in [2.24, 2.45) is 0 Å². The second kappa shape index (κ2) is 8.05. The van der Waals surface area contributed by atoms with E-state index in [4.69, 9.17) is 4.74 Å². The summed E-state index contributed by atoms with van der Waals surface area (Å²) in [6, 6.07) is 11.3. The number of hydrogen-bond acceptors (Lipinski definition) is 5. The van der Waals surface area contributed by atoms with E-state index in [0.29, 0.717) is 25.5 Å². The second-order valence-corrected chi connectivity index (χ2v) is 8.30. The molecule has 0 amide bonds. The summed E-state index contributed by atoms with van der Waals surface area (Å²) < 4.78 is 32.0. The molecule has 7 heteroatoms. The van der Waals surface area contributed by atoms with Crippen molar-refractivity contribution >= 4 is 15.8 Å².